The summed E-state index contributed by atoms with van der Waals surface area (Å²) in [5, 5.41) is 16.8. The van der Waals surface area contributed by atoms with Crippen molar-refractivity contribution < 1.29 is 24.6 Å². The summed E-state index contributed by atoms with van der Waals surface area (Å²) >= 11 is 0. The summed E-state index contributed by atoms with van der Waals surface area (Å²) in [5.41, 5.74) is 6.83. The molecule has 0 fully saturated rings. The molecule has 3 N–H and O–H groups in total. The Bertz CT molecular complexity index is 1220. The fourth-order valence-electron chi connectivity index (χ4n) is 4.43. The Kier molecular flexibility index (Phi) is 5.81. The van der Waals surface area contributed by atoms with Gasteiger partial charge in [-0.3, -0.25) is 4.79 Å². The number of rotatable bonds is 4. The molecule has 3 aromatic rings. The number of nitrogens with one attached hydrogen (secondary N) is 1. The van der Waals surface area contributed by atoms with E-state index in [-0.39, 0.29) is 5.91 Å². The lowest BCUT2D eigenvalue weighted by Crippen LogP contribution is -2.30. The van der Waals surface area contributed by atoms with Gasteiger partial charge in [0.2, 0.25) is 0 Å². The molecule has 32 heavy (non-hydrogen) atoms. The Morgan fingerprint density at radius 2 is 1.91 bits per heavy atom. The van der Waals surface area contributed by atoms with Crippen LogP contribution in [0.1, 0.15) is 39.4 Å². The lowest BCUT2D eigenvalue weighted by atomic mass is 10.0. The van der Waals surface area contributed by atoms with Crippen LogP contribution in [0.4, 0.5) is 0 Å². The number of carboxylic acids is 2. The molecule has 9 nitrogen and oxygen atoms in total. The van der Waals surface area contributed by atoms with E-state index in [9.17, 15) is 14.4 Å². The molecule has 0 saturated heterocycles. The van der Waals surface area contributed by atoms with Crippen LogP contribution in [0, 0.1) is 6.92 Å². The molecule has 166 valence electrons. The van der Waals surface area contributed by atoms with Gasteiger partial charge >= 0.3 is 11.9 Å². The second kappa shape index (κ2) is 8.70. The standard InChI is InChI=1S/C19H20N4O.C4H4O4/c1-12-15(21-11-20-12)10-22-8-3-6-16-17(19(22)24)14-5-2-4-13-7-9-23(16)18(13)14;5-3(6)1-2-4(7)8/h2,4-5,11H,3,6-10H2,1H3,(H,20,21);1-2H,(H,5,6)(H,7,8). The van der Waals surface area contributed by atoms with Crippen molar-refractivity contribution in [3.05, 3.63) is 64.9 Å². The Morgan fingerprint density at radius 1 is 1.16 bits per heavy atom. The van der Waals surface area contributed by atoms with Gasteiger partial charge in [0, 0.05) is 42.0 Å². The van der Waals surface area contributed by atoms with Crippen LogP contribution in [0.2, 0.25) is 0 Å². The molecule has 2 aliphatic rings. The number of para-hydroxylation sites is 1. The summed E-state index contributed by atoms with van der Waals surface area (Å²) in [6, 6.07) is 6.40. The highest BCUT2D eigenvalue weighted by atomic mass is 16.4. The fraction of sp³-hybridized carbons (Fsp3) is 0.304. The molecule has 2 aliphatic heterocycles. The lowest BCUT2D eigenvalue weighted by Gasteiger charge is -2.20. The largest absolute Gasteiger partial charge is 0.478 e. The summed E-state index contributed by atoms with van der Waals surface area (Å²) in [4.78, 5) is 41.9. The van der Waals surface area contributed by atoms with Crippen LogP contribution in [0.3, 0.4) is 0 Å². The van der Waals surface area contributed by atoms with Gasteiger partial charge in [-0.15, -0.1) is 0 Å². The predicted octanol–water partition coefficient (Wildman–Crippen LogP) is 2.53. The van der Waals surface area contributed by atoms with Crippen molar-refractivity contribution in [3.63, 3.8) is 0 Å². The minimum atomic E-state index is -1.26. The smallest absolute Gasteiger partial charge is 0.328 e. The number of aliphatic carboxylic acids is 2. The summed E-state index contributed by atoms with van der Waals surface area (Å²) in [5.74, 6) is -2.35. The molecule has 0 atom stereocenters. The van der Waals surface area contributed by atoms with E-state index >= 15 is 0 Å². The van der Waals surface area contributed by atoms with E-state index in [1.54, 1.807) is 6.33 Å². The van der Waals surface area contributed by atoms with E-state index in [1.165, 1.54) is 16.8 Å². The number of fused-ring (bicyclic) bond motifs is 3. The highest BCUT2D eigenvalue weighted by molar-refractivity contribution is 6.09. The molecule has 9 heteroatoms. The van der Waals surface area contributed by atoms with Crippen LogP contribution in [-0.4, -0.2) is 54.0 Å². The maximum atomic E-state index is 13.3. The third-order valence-corrected chi connectivity index (χ3v) is 5.86. The number of benzene rings is 1. The van der Waals surface area contributed by atoms with Gasteiger partial charge < -0.3 is 24.7 Å². The van der Waals surface area contributed by atoms with Crippen LogP contribution in [0.15, 0.2) is 36.7 Å². The van der Waals surface area contributed by atoms with Crippen molar-refractivity contribution in [3.8, 4) is 0 Å². The molecule has 4 heterocycles. The monoisotopic (exact) mass is 436 g/mol. The number of carbonyl (C=O) groups is 3. The van der Waals surface area contributed by atoms with Gasteiger partial charge in [-0.25, -0.2) is 14.6 Å². The highest BCUT2D eigenvalue weighted by Crippen LogP contribution is 2.36. The quantitative estimate of drug-likeness (QED) is 0.539. The van der Waals surface area contributed by atoms with Gasteiger partial charge in [0.25, 0.3) is 5.91 Å². The summed E-state index contributed by atoms with van der Waals surface area (Å²) < 4.78 is 2.39. The predicted molar refractivity (Wildman–Crippen MR) is 116 cm³/mol. The number of aryl methyl sites for hydroxylation is 3. The first-order valence-corrected chi connectivity index (χ1v) is 10.4. The van der Waals surface area contributed by atoms with Crippen molar-refractivity contribution >= 4 is 28.7 Å². The van der Waals surface area contributed by atoms with E-state index in [2.05, 4.69) is 32.7 Å². The Morgan fingerprint density at radius 3 is 2.56 bits per heavy atom. The zero-order chi connectivity index (χ0) is 22.8. The molecule has 5 rings (SSSR count). The first kappa shape index (κ1) is 21.4. The van der Waals surface area contributed by atoms with Gasteiger partial charge in [-0.1, -0.05) is 18.2 Å². The summed E-state index contributed by atoms with van der Waals surface area (Å²) in [7, 11) is 0. The number of amides is 1. The molecule has 0 spiro atoms. The van der Waals surface area contributed by atoms with Crippen molar-refractivity contribution in [2.45, 2.75) is 39.3 Å². The first-order chi connectivity index (χ1) is 15.4. The van der Waals surface area contributed by atoms with Crippen molar-refractivity contribution in [2.24, 2.45) is 0 Å². The van der Waals surface area contributed by atoms with E-state index in [0.717, 1.165) is 54.7 Å². The molecule has 0 unspecified atom stereocenters. The van der Waals surface area contributed by atoms with Crippen molar-refractivity contribution in [1.29, 1.82) is 0 Å². The number of nitrogens with zero attached hydrogens (tertiary/aromatic N) is 3. The topological polar surface area (TPSA) is 129 Å². The lowest BCUT2D eigenvalue weighted by molar-refractivity contribution is -0.134. The van der Waals surface area contributed by atoms with Gasteiger partial charge in [-0.2, -0.15) is 0 Å². The Labute approximate surface area is 184 Å². The van der Waals surface area contributed by atoms with Gasteiger partial charge in [-0.05, 0) is 31.7 Å². The first-order valence-electron chi connectivity index (χ1n) is 10.4. The van der Waals surface area contributed by atoms with E-state index in [0.29, 0.717) is 18.7 Å². The van der Waals surface area contributed by atoms with Crippen molar-refractivity contribution in [1.82, 2.24) is 19.4 Å². The molecular weight excluding hydrogens is 412 g/mol. The number of imidazole rings is 1. The third kappa shape index (κ3) is 4.01. The van der Waals surface area contributed by atoms with E-state index in [4.69, 9.17) is 10.2 Å². The maximum Gasteiger partial charge on any atom is 0.328 e. The van der Waals surface area contributed by atoms with E-state index < -0.39 is 11.9 Å². The molecule has 0 saturated carbocycles. The second-order valence-corrected chi connectivity index (χ2v) is 7.85. The van der Waals surface area contributed by atoms with Crippen LogP contribution < -0.4 is 0 Å². The van der Waals surface area contributed by atoms with Crippen LogP contribution in [-0.2, 0) is 35.5 Å². The fourth-order valence-corrected chi connectivity index (χ4v) is 4.43. The number of hydrogen-bond acceptors (Lipinski definition) is 4. The Hall–Kier alpha value is -3.88. The zero-order valence-electron chi connectivity index (χ0n) is 17.7. The van der Waals surface area contributed by atoms with E-state index in [1.807, 2.05) is 11.8 Å². The average Bonchev–Trinajstić information content (AvgIpc) is 3.42. The molecular formula is C23H24N4O5. The zero-order valence-corrected chi connectivity index (χ0v) is 17.7. The normalized spacial score (nSPS) is 14.9. The minimum Gasteiger partial charge on any atom is -0.478 e. The third-order valence-electron chi connectivity index (χ3n) is 5.86. The number of carbonyl (C=O) groups excluding carboxylic acids is 1. The van der Waals surface area contributed by atoms with Gasteiger partial charge in [0.05, 0.1) is 29.6 Å². The van der Waals surface area contributed by atoms with Crippen LogP contribution >= 0.6 is 0 Å². The summed E-state index contributed by atoms with van der Waals surface area (Å²) in [6.45, 7) is 4.39. The second-order valence-electron chi connectivity index (χ2n) is 7.85. The van der Waals surface area contributed by atoms with Crippen molar-refractivity contribution in [2.75, 3.05) is 6.54 Å². The number of aromatic nitrogens is 3. The average molecular weight is 436 g/mol. The molecule has 1 aromatic carbocycles. The molecule has 1 amide bonds. The molecule has 2 aromatic heterocycles. The van der Waals surface area contributed by atoms with Crippen LogP contribution in [0.25, 0.3) is 10.9 Å². The minimum absolute atomic E-state index is 0.160. The molecule has 0 aliphatic carbocycles. The number of carboxylic acid groups (broad SMARTS) is 2. The van der Waals surface area contributed by atoms with Crippen LogP contribution in [0.5, 0.6) is 0 Å². The summed E-state index contributed by atoms with van der Waals surface area (Å²) in [6.07, 6.45) is 5.89. The number of hydrogen-bond donors (Lipinski definition) is 3. The maximum absolute atomic E-state index is 13.3. The highest BCUT2D eigenvalue weighted by Gasteiger charge is 2.31. The SMILES string of the molecule is Cc1[nH]cnc1CN1CCCc2c(c3cccc4c3n2CC4)C1=O.O=C(O)C=CC(=O)O. The van der Waals surface area contributed by atoms with Gasteiger partial charge in [0.15, 0.2) is 0 Å². The molecule has 0 radical (unpaired) electrons. The van der Waals surface area contributed by atoms with Gasteiger partial charge in [0.1, 0.15) is 0 Å². The number of H-pyrrole nitrogens is 1. The number of aromatic amines is 1. The Balaban J connectivity index is 0.000000265. The molecule has 0 bridgehead atoms.